The molecule has 4 heteroatoms. The summed E-state index contributed by atoms with van der Waals surface area (Å²) in [6.07, 6.45) is 0.0941. The molecule has 2 rings (SSSR count). The van der Waals surface area contributed by atoms with Crippen LogP contribution < -0.4 is 5.32 Å². The second kappa shape index (κ2) is 7.41. The van der Waals surface area contributed by atoms with Gasteiger partial charge in [0.25, 0.3) is 0 Å². The van der Waals surface area contributed by atoms with Gasteiger partial charge >= 0.3 is 6.09 Å². The lowest BCUT2D eigenvalue weighted by Crippen LogP contribution is -2.24. The molecular weight excluding hydrogens is 278 g/mol. The molecule has 114 valence electrons. The molecule has 0 heterocycles. The average molecular weight is 297 g/mol. The van der Waals surface area contributed by atoms with Crippen molar-refractivity contribution in [1.29, 1.82) is 0 Å². The van der Waals surface area contributed by atoms with E-state index in [0.29, 0.717) is 12.1 Å². The Morgan fingerprint density at radius 3 is 2.50 bits per heavy atom. The molecule has 4 nitrogen and oxygen atoms in total. The monoisotopic (exact) mass is 297 g/mol. The fourth-order valence-electron chi connectivity index (χ4n) is 2.21. The van der Waals surface area contributed by atoms with Gasteiger partial charge in [-0.15, -0.1) is 0 Å². The Hall–Kier alpha value is -2.62. The molecule has 0 spiro atoms. The first-order valence-corrected chi connectivity index (χ1v) is 7.24. The van der Waals surface area contributed by atoms with Crippen LogP contribution in [0.15, 0.2) is 48.5 Å². The quantitative estimate of drug-likeness (QED) is 0.849. The van der Waals surface area contributed by atoms with Crippen LogP contribution in [0.2, 0.25) is 0 Å². The first-order valence-electron chi connectivity index (χ1n) is 7.24. The zero-order valence-electron chi connectivity index (χ0n) is 12.7. The highest BCUT2D eigenvalue weighted by molar-refractivity contribution is 5.87. The third-order valence-corrected chi connectivity index (χ3v) is 3.38. The summed E-state index contributed by atoms with van der Waals surface area (Å²) in [5.74, 6) is 0. The Labute approximate surface area is 130 Å². The molecule has 0 aliphatic carbocycles. The van der Waals surface area contributed by atoms with E-state index in [-0.39, 0.29) is 6.10 Å². The summed E-state index contributed by atoms with van der Waals surface area (Å²) in [4.78, 5) is 22.5. The minimum Gasteiger partial charge on any atom is -0.442 e. The number of amides is 1. The fraction of sp³-hybridized carbons (Fsp3) is 0.222. The molecule has 2 aromatic rings. The first kappa shape index (κ1) is 15.8. The van der Waals surface area contributed by atoms with Gasteiger partial charge in [-0.25, -0.2) is 4.79 Å². The van der Waals surface area contributed by atoms with E-state index in [2.05, 4.69) is 5.32 Å². The number of carbonyl (C=O) groups excluding carboxylic acids is 2. The van der Waals surface area contributed by atoms with Gasteiger partial charge in [-0.1, -0.05) is 48.5 Å². The van der Waals surface area contributed by atoms with Crippen LogP contribution in [0.4, 0.5) is 4.79 Å². The van der Waals surface area contributed by atoms with Gasteiger partial charge in [0.15, 0.2) is 6.29 Å². The topological polar surface area (TPSA) is 55.4 Å². The molecular formula is C18H19NO3. The second-order valence-corrected chi connectivity index (χ2v) is 4.90. The summed E-state index contributed by atoms with van der Waals surface area (Å²) in [6.45, 7) is 4.20. The summed E-state index contributed by atoms with van der Waals surface area (Å²) in [6, 6.07) is 15.1. The van der Waals surface area contributed by atoms with E-state index in [9.17, 15) is 9.59 Å². The maximum Gasteiger partial charge on any atom is 0.407 e. The highest BCUT2D eigenvalue weighted by Gasteiger charge is 2.11. The van der Waals surface area contributed by atoms with Gasteiger partial charge in [-0.2, -0.15) is 0 Å². The lowest BCUT2D eigenvalue weighted by molar-refractivity contribution is 0.107. The molecule has 1 atom stereocenters. The van der Waals surface area contributed by atoms with E-state index in [1.165, 1.54) is 0 Å². The molecule has 1 unspecified atom stereocenters. The Kier molecular flexibility index (Phi) is 5.31. The SMILES string of the molecule is CCNC(=O)OC(C)c1ccc(-c2ccccc2C=O)cc1. The molecule has 0 radical (unpaired) electrons. The van der Waals surface area contributed by atoms with Gasteiger partial charge in [-0.05, 0) is 30.5 Å². The minimum absolute atomic E-state index is 0.332. The number of benzene rings is 2. The molecule has 0 saturated carbocycles. The van der Waals surface area contributed by atoms with Crippen LogP contribution >= 0.6 is 0 Å². The lowest BCUT2D eigenvalue weighted by Gasteiger charge is -2.14. The van der Waals surface area contributed by atoms with E-state index >= 15 is 0 Å². The van der Waals surface area contributed by atoms with Crippen molar-refractivity contribution in [3.8, 4) is 11.1 Å². The smallest absolute Gasteiger partial charge is 0.407 e. The van der Waals surface area contributed by atoms with Crippen molar-refractivity contribution in [1.82, 2.24) is 5.32 Å². The van der Waals surface area contributed by atoms with E-state index in [0.717, 1.165) is 23.0 Å². The third kappa shape index (κ3) is 3.73. The van der Waals surface area contributed by atoms with Crippen molar-refractivity contribution in [2.24, 2.45) is 0 Å². The van der Waals surface area contributed by atoms with Crippen molar-refractivity contribution >= 4 is 12.4 Å². The number of alkyl carbamates (subject to hydrolysis) is 1. The average Bonchev–Trinajstić information content (AvgIpc) is 2.55. The molecule has 0 aromatic heterocycles. The van der Waals surface area contributed by atoms with Crippen LogP contribution in [0, 0.1) is 0 Å². The second-order valence-electron chi connectivity index (χ2n) is 4.90. The van der Waals surface area contributed by atoms with Gasteiger partial charge in [0.05, 0.1) is 0 Å². The summed E-state index contributed by atoms with van der Waals surface area (Å²) in [5.41, 5.74) is 3.40. The normalized spacial score (nSPS) is 11.5. The number of nitrogens with one attached hydrogen (secondary N) is 1. The van der Waals surface area contributed by atoms with Crippen LogP contribution in [-0.2, 0) is 4.74 Å². The highest BCUT2D eigenvalue weighted by Crippen LogP contribution is 2.25. The number of rotatable bonds is 5. The first-order chi connectivity index (χ1) is 10.7. The summed E-state index contributed by atoms with van der Waals surface area (Å²) in [7, 11) is 0. The van der Waals surface area contributed by atoms with Crippen LogP contribution in [0.5, 0.6) is 0 Å². The molecule has 0 aliphatic rings. The number of carbonyl (C=O) groups is 2. The Bertz CT molecular complexity index is 650. The summed E-state index contributed by atoms with van der Waals surface area (Å²) >= 11 is 0. The van der Waals surface area contributed by atoms with Gasteiger partial charge in [0.1, 0.15) is 6.10 Å². The summed E-state index contributed by atoms with van der Waals surface area (Å²) < 4.78 is 5.26. The minimum atomic E-state index is -0.426. The van der Waals surface area contributed by atoms with Crippen molar-refractivity contribution in [2.75, 3.05) is 6.54 Å². The molecule has 1 N–H and O–H groups in total. The van der Waals surface area contributed by atoms with E-state index in [1.807, 2.05) is 56.3 Å². The molecule has 2 aromatic carbocycles. The van der Waals surface area contributed by atoms with Crippen LogP contribution in [0.25, 0.3) is 11.1 Å². The molecule has 0 saturated heterocycles. The Morgan fingerprint density at radius 2 is 1.86 bits per heavy atom. The zero-order chi connectivity index (χ0) is 15.9. The predicted molar refractivity (Wildman–Crippen MR) is 85.8 cm³/mol. The van der Waals surface area contributed by atoms with Crippen LogP contribution in [0.3, 0.4) is 0 Å². The molecule has 22 heavy (non-hydrogen) atoms. The molecule has 0 fully saturated rings. The number of hydrogen-bond donors (Lipinski definition) is 1. The number of hydrogen-bond acceptors (Lipinski definition) is 3. The van der Waals surface area contributed by atoms with Gasteiger partial charge in [0.2, 0.25) is 0 Å². The Morgan fingerprint density at radius 1 is 1.18 bits per heavy atom. The van der Waals surface area contributed by atoms with Crippen LogP contribution in [0.1, 0.15) is 35.9 Å². The van der Waals surface area contributed by atoms with E-state index < -0.39 is 6.09 Å². The highest BCUT2D eigenvalue weighted by atomic mass is 16.6. The Balaban J connectivity index is 2.16. The van der Waals surface area contributed by atoms with Gasteiger partial charge < -0.3 is 10.1 Å². The fourth-order valence-corrected chi connectivity index (χ4v) is 2.21. The van der Waals surface area contributed by atoms with Crippen molar-refractivity contribution in [2.45, 2.75) is 20.0 Å². The van der Waals surface area contributed by atoms with Crippen molar-refractivity contribution in [3.63, 3.8) is 0 Å². The predicted octanol–water partition coefficient (Wildman–Crippen LogP) is 3.97. The zero-order valence-corrected chi connectivity index (χ0v) is 12.7. The van der Waals surface area contributed by atoms with Crippen molar-refractivity contribution < 1.29 is 14.3 Å². The standard InChI is InChI=1S/C18H19NO3/c1-3-19-18(21)22-13(2)14-8-10-15(11-9-14)17-7-5-4-6-16(17)12-20/h4-13H,3H2,1-2H3,(H,19,21). The lowest BCUT2D eigenvalue weighted by atomic mass is 9.98. The molecule has 1 amide bonds. The largest absolute Gasteiger partial charge is 0.442 e. The van der Waals surface area contributed by atoms with Crippen LogP contribution in [-0.4, -0.2) is 18.9 Å². The molecule has 0 bridgehead atoms. The number of ether oxygens (including phenoxy) is 1. The van der Waals surface area contributed by atoms with Crippen molar-refractivity contribution in [3.05, 3.63) is 59.7 Å². The third-order valence-electron chi connectivity index (χ3n) is 3.38. The molecule has 0 aliphatic heterocycles. The van der Waals surface area contributed by atoms with E-state index in [1.54, 1.807) is 6.07 Å². The van der Waals surface area contributed by atoms with Gasteiger partial charge in [-0.3, -0.25) is 4.79 Å². The summed E-state index contributed by atoms with van der Waals surface area (Å²) in [5, 5.41) is 2.60. The van der Waals surface area contributed by atoms with Gasteiger partial charge in [0, 0.05) is 12.1 Å². The maximum atomic E-state index is 11.4. The van der Waals surface area contributed by atoms with E-state index in [4.69, 9.17) is 4.74 Å². The maximum absolute atomic E-state index is 11.4. The number of aldehydes is 1.